The summed E-state index contributed by atoms with van der Waals surface area (Å²) in [5.74, 6) is 0.430. The second kappa shape index (κ2) is 12.9. The van der Waals surface area contributed by atoms with Crippen molar-refractivity contribution in [3.63, 3.8) is 0 Å². The van der Waals surface area contributed by atoms with Crippen LogP contribution in [0.3, 0.4) is 0 Å². The molecule has 10 nitrogen and oxygen atoms in total. The van der Waals surface area contributed by atoms with Crippen LogP contribution in [-0.2, 0) is 25.1 Å². The molecule has 3 aliphatic rings. The SMILES string of the molecule is CON=C1C[C@@H](CCC(=O)Nc2ncc(C)s2)C2C3CCc4cc(OC(OP(=O)(O)O)(C(C)(C)C)C(C)(C)C)ccc4C3CC[C@]12C. The van der Waals surface area contributed by atoms with Gasteiger partial charge in [-0.05, 0) is 92.4 Å². The number of nitrogens with one attached hydrogen (secondary N) is 1. The third-order valence-corrected chi connectivity index (χ3v) is 12.2. The number of hydrogen-bond acceptors (Lipinski definition) is 8. The fourth-order valence-electron chi connectivity index (χ4n) is 9.19. The van der Waals surface area contributed by atoms with Crippen molar-refractivity contribution in [2.24, 2.45) is 39.2 Å². The summed E-state index contributed by atoms with van der Waals surface area (Å²) in [7, 11) is -3.28. The molecule has 47 heavy (non-hydrogen) atoms. The van der Waals surface area contributed by atoms with Gasteiger partial charge in [0.25, 0.3) is 0 Å². The summed E-state index contributed by atoms with van der Waals surface area (Å²) in [4.78, 5) is 43.5. The lowest BCUT2D eigenvalue weighted by Crippen LogP contribution is -2.59. The Balaban J connectivity index is 1.40. The first-order valence-corrected chi connectivity index (χ1v) is 19.0. The first kappa shape index (κ1) is 36.0. The lowest BCUT2D eigenvalue weighted by Gasteiger charge is -2.52. The minimum atomic E-state index is -4.89. The van der Waals surface area contributed by atoms with E-state index < -0.39 is 24.4 Å². The average Bonchev–Trinajstić information content (AvgIpc) is 3.48. The molecule has 2 saturated carbocycles. The van der Waals surface area contributed by atoms with Crippen LogP contribution in [0.1, 0.15) is 109 Å². The Labute approximate surface area is 283 Å². The van der Waals surface area contributed by atoms with E-state index in [2.05, 4.69) is 28.4 Å². The summed E-state index contributed by atoms with van der Waals surface area (Å²) < 4.78 is 24.4. The van der Waals surface area contributed by atoms with Crippen molar-refractivity contribution in [1.82, 2.24) is 4.98 Å². The molecule has 2 fully saturated rings. The van der Waals surface area contributed by atoms with Crippen LogP contribution in [0.15, 0.2) is 29.6 Å². The van der Waals surface area contributed by atoms with Gasteiger partial charge in [-0.2, -0.15) is 0 Å². The van der Waals surface area contributed by atoms with Crippen molar-refractivity contribution >= 4 is 35.9 Å². The fourth-order valence-corrected chi connectivity index (χ4v) is 10.8. The molecule has 2 aromatic rings. The van der Waals surface area contributed by atoms with Gasteiger partial charge < -0.3 is 24.7 Å². The Kier molecular flexibility index (Phi) is 9.85. The van der Waals surface area contributed by atoms with Crippen LogP contribution in [0.4, 0.5) is 5.13 Å². The van der Waals surface area contributed by atoms with Crippen molar-refractivity contribution in [3.8, 4) is 5.75 Å². The minimum absolute atomic E-state index is 0.00335. The Bertz CT molecular complexity index is 1540. The number of phosphoric ester groups is 1. The van der Waals surface area contributed by atoms with Crippen LogP contribution >= 0.6 is 19.2 Å². The van der Waals surface area contributed by atoms with Gasteiger partial charge >= 0.3 is 7.82 Å². The molecule has 1 aromatic heterocycles. The highest BCUT2D eigenvalue weighted by Gasteiger charge is 2.59. The van der Waals surface area contributed by atoms with Crippen molar-refractivity contribution in [2.75, 3.05) is 12.4 Å². The van der Waals surface area contributed by atoms with E-state index in [4.69, 9.17) is 14.1 Å². The van der Waals surface area contributed by atoms with E-state index in [9.17, 15) is 19.1 Å². The maximum atomic E-state index is 12.9. The van der Waals surface area contributed by atoms with Crippen LogP contribution in [0.25, 0.3) is 0 Å². The van der Waals surface area contributed by atoms with Crippen molar-refractivity contribution in [1.29, 1.82) is 0 Å². The van der Waals surface area contributed by atoms with Crippen LogP contribution in [-0.4, -0.2) is 39.3 Å². The summed E-state index contributed by atoms with van der Waals surface area (Å²) in [6.45, 7) is 15.6. The zero-order valence-corrected chi connectivity index (χ0v) is 31.0. The van der Waals surface area contributed by atoms with Gasteiger partial charge in [0, 0.05) is 33.7 Å². The number of anilines is 1. The van der Waals surface area contributed by atoms with E-state index in [-0.39, 0.29) is 11.3 Å². The highest BCUT2D eigenvalue weighted by atomic mass is 32.1. The van der Waals surface area contributed by atoms with Crippen molar-refractivity contribution < 1.29 is 33.2 Å². The summed E-state index contributed by atoms with van der Waals surface area (Å²) in [5, 5.41) is 8.16. The number of nitrogens with zero attached hydrogens (tertiary/aromatic N) is 2. The molecular formula is C35H52N3O7PS. The van der Waals surface area contributed by atoms with Crippen molar-refractivity contribution in [3.05, 3.63) is 40.4 Å². The molecule has 1 amide bonds. The Morgan fingerprint density at radius 1 is 1.17 bits per heavy atom. The monoisotopic (exact) mass is 689 g/mol. The first-order chi connectivity index (χ1) is 21.8. The predicted octanol–water partition coefficient (Wildman–Crippen LogP) is 8.23. The van der Waals surface area contributed by atoms with Crippen molar-refractivity contribution in [2.45, 2.75) is 112 Å². The topological polar surface area (TPSA) is 140 Å². The van der Waals surface area contributed by atoms with E-state index in [1.165, 1.54) is 22.5 Å². The molecule has 0 radical (unpaired) electrons. The lowest BCUT2D eigenvalue weighted by atomic mass is 9.54. The molecule has 0 saturated heterocycles. The van der Waals surface area contributed by atoms with Gasteiger partial charge in [-0.25, -0.2) is 14.1 Å². The molecular weight excluding hydrogens is 637 g/mol. The van der Waals surface area contributed by atoms with Gasteiger partial charge in [0.05, 0.1) is 5.71 Å². The maximum Gasteiger partial charge on any atom is 0.472 e. The number of oxime groups is 1. The molecule has 12 heteroatoms. The predicted molar refractivity (Wildman–Crippen MR) is 184 cm³/mol. The largest absolute Gasteiger partial charge is 0.472 e. The molecule has 5 rings (SSSR count). The molecule has 260 valence electrons. The number of thiazole rings is 1. The van der Waals surface area contributed by atoms with Crippen LogP contribution in [0.5, 0.6) is 5.75 Å². The van der Waals surface area contributed by atoms with Gasteiger partial charge in [0.2, 0.25) is 11.7 Å². The molecule has 3 unspecified atom stereocenters. The van der Waals surface area contributed by atoms with E-state index in [0.717, 1.165) is 49.1 Å². The standard InChI is InChI=1S/C35H52N3O7PS/c1-21-20-36-31(47-21)37-29(39)15-11-23-19-28(38-43-9)34(8)17-16-26-25-14-12-24(18-22(25)10-13-27(26)30(23)34)44-35(32(2,3)4,33(5,6)7)45-46(40,41)42/h12,14,18,20,23,26-27,30H,10-11,13,15-17,19H2,1-9H3,(H,36,37,39)(H2,40,41,42)/t23-,26?,27?,30?,34-/m1/s1. The summed E-state index contributed by atoms with van der Waals surface area (Å²) in [6, 6.07) is 6.12. The number of benzene rings is 1. The molecule has 0 bridgehead atoms. The molecule has 3 N–H and O–H groups in total. The number of aromatic nitrogens is 1. The van der Waals surface area contributed by atoms with E-state index in [0.29, 0.717) is 41.0 Å². The Morgan fingerprint density at radius 2 is 1.87 bits per heavy atom. The summed E-state index contributed by atoms with van der Waals surface area (Å²) >= 11 is 1.49. The van der Waals surface area contributed by atoms with Gasteiger partial charge in [-0.1, -0.05) is 59.7 Å². The third-order valence-electron chi connectivity index (χ3n) is 10.9. The Hall–Kier alpha value is -2.30. The lowest BCUT2D eigenvalue weighted by molar-refractivity contribution is -0.255. The Morgan fingerprint density at radius 3 is 2.47 bits per heavy atom. The second-order valence-electron chi connectivity index (χ2n) is 16.0. The molecule has 0 aliphatic heterocycles. The average molecular weight is 690 g/mol. The number of phosphoric acid groups is 1. The van der Waals surface area contributed by atoms with Crippen LogP contribution in [0, 0.1) is 40.9 Å². The number of fused-ring (bicyclic) bond motifs is 5. The number of hydrogen-bond donors (Lipinski definition) is 3. The number of ether oxygens (including phenoxy) is 1. The number of rotatable bonds is 9. The molecule has 0 spiro atoms. The molecule has 1 aromatic carbocycles. The maximum absolute atomic E-state index is 12.9. The zero-order valence-electron chi connectivity index (χ0n) is 29.3. The first-order valence-electron chi connectivity index (χ1n) is 16.7. The number of carbonyl (C=O) groups excluding carboxylic acids is 1. The van der Waals surface area contributed by atoms with Gasteiger partial charge in [-0.15, -0.1) is 11.3 Å². The third kappa shape index (κ3) is 7.07. The zero-order chi connectivity index (χ0) is 34.6. The van der Waals surface area contributed by atoms with Gasteiger partial charge in [0.1, 0.15) is 12.9 Å². The van der Waals surface area contributed by atoms with E-state index in [1.807, 2.05) is 60.6 Å². The fraction of sp³-hybridized carbons (Fsp3) is 0.686. The van der Waals surface area contributed by atoms with E-state index >= 15 is 0 Å². The number of carbonyl (C=O) groups is 1. The van der Waals surface area contributed by atoms with E-state index in [1.54, 1.807) is 13.3 Å². The summed E-state index contributed by atoms with van der Waals surface area (Å²) in [6.07, 6.45) is 7.72. The molecule has 3 aliphatic carbocycles. The quantitative estimate of drug-likeness (QED) is 0.136. The highest BCUT2D eigenvalue weighted by molar-refractivity contribution is 7.46. The smallest absolute Gasteiger partial charge is 0.461 e. The molecule has 1 heterocycles. The molecule has 5 atom stereocenters. The van der Waals surface area contributed by atoms with Gasteiger partial charge in [0.15, 0.2) is 5.13 Å². The number of aryl methyl sites for hydroxylation is 2. The van der Waals surface area contributed by atoms with Gasteiger partial charge in [-0.3, -0.25) is 4.79 Å². The summed E-state index contributed by atoms with van der Waals surface area (Å²) in [5.41, 5.74) is 2.02. The normalized spacial score (nSPS) is 27.2. The highest BCUT2D eigenvalue weighted by Crippen LogP contribution is 2.63. The number of amides is 1. The van der Waals surface area contributed by atoms with Crippen LogP contribution < -0.4 is 10.1 Å². The minimum Gasteiger partial charge on any atom is -0.461 e. The van der Waals surface area contributed by atoms with Crippen LogP contribution in [0.2, 0.25) is 0 Å². The second-order valence-corrected chi connectivity index (χ2v) is 18.4.